The molecule has 0 aliphatic rings. The Morgan fingerprint density at radius 2 is 2.14 bits per heavy atom. The van der Waals surface area contributed by atoms with Crippen molar-refractivity contribution >= 4 is 16.1 Å². The molecule has 1 radical (unpaired) electrons. The van der Waals surface area contributed by atoms with Crippen LogP contribution >= 0.6 is 9.12 Å². The smallest absolute Gasteiger partial charge is 0.138 e. The molecule has 0 saturated heterocycles. The first-order chi connectivity index (χ1) is 3.27. The predicted octanol–water partition coefficient (Wildman–Crippen LogP) is 1.95. The summed E-state index contributed by atoms with van der Waals surface area (Å²) < 4.78 is 0. The Kier molecular flexibility index (Phi) is 4.98. The minimum Gasteiger partial charge on any atom is -0.178 e. The Bertz CT molecular complexity index is 37.1. The van der Waals surface area contributed by atoms with Crippen molar-refractivity contribution in [3.8, 4) is 0 Å². The quantitative estimate of drug-likeness (QED) is 0.389. The van der Waals surface area contributed by atoms with E-state index >= 15 is 0 Å². The summed E-state index contributed by atoms with van der Waals surface area (Å²) in [6, 6.07) is 0. The van der Waals surface area contributed by atoms with Gasteiger partial charge in [-0.1, -0.05) is 26.6 Å². The third-order valence-corrected chi connectivity index (χ3v) is 1.24. The van der Waals surface area contributed by atoms with Gasteiger partial charge in [-0.25, -0.2) is 0 Å². The zero-order valence-corrected chi connectivity index (χ0v) is 6.30. The molecule has 0 aromatic heterocycles. The molecule has 0 bridgehead atoms. The van der Waals surface area contributed by atoms with E-state index in [1.54, 1.807) is 0 Å². The van der Waals surface area contributed by atoms with Gasteiger partial charge in [0.15, 0.2) is 0 Å². The average molecular weight is 115 g/mol. The van der Waals surface area contributed by atoms with Crippen LogP contribution in [0.15, 0.2) is 0 Å². The van der Waals surface area contributed by atoms with E-state index < -0.39 is 0 Å². The molecular weight excluding hydrogens is 102 g/mol. The lowest BCUT2D eigenvalue weighted by molar-refractivity contribution is 0.625. The molecule has 0 aliphatic carbocycles. The van der Waals surface area contributed by atoms with Crippen molar-refractivity contribution in [1.82, 2.24) is 0 Å². The van der Waals surface area contributed by atoms with Crippen molar-refractivity contribution in [2.24, 2.45) is 5.92 Å². The fourth-order valence-corrected chi connectivity index (χ4v) is 0.622. The first kappa shape index (κ1) is 7.49. The Morgan fingerprint density at radius 3 is 2.29 bits per heavy atom. The summed E-state index contributed by atoms with van der Waals surface area (Å²) in [5.41, 5.74) is 0. The summed E-state index contributed by atoms with van der Waals surface area (Å²) in [6.45, 7) is 6.63. The van der Waals surface area contributed by atoms with Gasteiger partial charge in [0, 0.05) is 0 Å². The molecule has 41 valence electrons. The first-order valence-electron chi connectivity index (χ1n) is 2.80. The van der Waals surface area contributed by atoms with Gasteiger partial charge in [-0.05, 0) is 5.92 Å². The molecule has 1 unspecified atom stereocenters. The van der Waals surface area contributed by atoms with Crippen LogP contribution in [0, 0.1) is 5.92 Å². The zero-order chi connectivity index (χ0) is 5.70. The molecule has 7 heavy (non-hydrogen) atoms. The zero-order valence-electron chi connectivity index (χ0n) is 5.15. The van der Waals surface area contributed by atoms with E-state index in [2.05, 4.69) is 30.0 Å². The molecule has 0 aliphatic heterocycles. The van der Waals surface area contributed by atoms with Crippen LogP contribution in [-0.2, 0) is 0 Å². The third-order valence-electron chi connectivity index (χ3n) is 0.911. The van der Waals surface area contributed by atoms with Crippen LogP contribution in [-0.4, -0.2) is 7.00 Å². The highest BCUT2D eigenvalue weighted by Gasteiger charge is 1.89. The van der Waals surface area contributed by atoms with Crippen LogP contribution in [0.5, 0.6) is 0 Å². The molecule has 0 spiro atoms. The molecule has 2 heteroatoms. The molecule has 0 saturated carbocycles. The minimum absolute atomic E-state index is 0.858. The maximum absolute atomic E-state index is 2.62. The van der Waals surface area contributed by atoms with E-state index in [0.717, 1.165) is 5.92 Å². The van der Waals surface area contributed by atoms with E-state index in [4.69, 9.17) is 0 Å². The molecule has 0 nitrogen and oxygen atoms in total. The number of hydrogen-bond acceptors (Lipinski definition) is 0. The fraction of sp³-hybridized carbons (Fsp3) is 1.00. The molecule has 0 rings (SSSR count). The second-order valence-corrected chi connectivity index (χ2v) is 2.68. The van der Waals surface area contributed by atoms with Gasteiger partial charge < -0.3 is 0 Å². The molecule has 0 fully saturated rings. The summed E-state index contributed by atoms with van der Waals surface area (Å²) in [7, 11) is 2.62. The molecule has 0 aromatic carbocycles. The van der Waals surface area contributed by atoms with Gasteiger partial charge in [-0.3, -0.25) is 0 Å². The van der Waals surface area contributed by atoms with Crippen molar-refractivity contribution in [2.75, 3.05) is 0 Å². The largest absolute Gasteiger partial charge is 0.178 e. The lowest BCUT2D eigenvalue weighted by Gasteiger charge is -1.98. The number of rotatable bonds is 3. The second-order valence-electron chi connectivity index (χ2n) is 2.21. The molecule has 0 N–H and O–H groups in total. The summed E-state index contributed by atoms with van der Waals surface area (Å²) in [5, 5.41) is 0. The van der Waals surface area contributed by atoms with Gasteiger partial charge in [0.2, 0.25) is 0 Å². The Morgan fingerprint density at radius 1 is 1.57 bits per heavy atom. The lowest BCUT2D eigenvalue weighted by atomic mass is 9.94. The summed E-state index contributed by atoms with van der Waals surface area (Å²) in [6.07, 6.45) is 2.56. The summed E-state index contributed by atoms with van der Waals surface area (Å²) >= 11 is 0. The SMILES string of the molecule is CC(C)CC[B]P. The van der Waals surface area contributed by atoms with E-state index in [1.807, 2.05) is 0 Å². The Hall–Kier alpha value is 0.495. The normalized spacial score (nSPS) is 9.71. The van der Waals surface area contributed by atoms with Crippen LogP contribution < -0.4 is 0 Å². The molecule has 0 heterocycles. The highest BCUT2D eigenvalue weighted by atomic mass is 31.0. The van der Waals surface area contributed by atoms with Crippen molar-refractivity contribution in [1.29, 1.82) is 0 Å². The van der Waals surface area contributed by atoms with E-state index in [0.29, 0.717) is 0 Å². The van der Waals surface area contributed by atoms with Gasteiger partial charge in [0.25, 0.3) is 0 Å². The van der Waals surface area contributed by atoms with Crippen LogP contribution in [0.1, 0.15) is 20.3 Å². The van der Waals surface area contributed by atoms with E-state index in [9.17, 15) is 0 Å². The van der Waals surface area contributed by atoms with Gasteiger partial charge in [0.05, 0.1) is 0 Å². The topological polar surface area (TPSA) is 0 Å². The van der Waals surface area contributed by atoms with Gasteiger partial charge in [-0.2, -0.15) is 9.12 Å². The van der Waals surface area contributed by atoms with Crippen molar-refractivity contribution < 1.29 is 0 Å². The highest BCUT2D eigenvalue weighted by Crippen LogP contribution is 2.03. The monoisotopic (exact) mass is 115 g/mol. The van der Waals surface area contributed by atoms with Crippen molar-refractivity contribution in [3.63, 3.8) is 0 Å². The van der Waals surface area contributed by atoms with Crippen molar-refractivity contribution in [2.45, 2.75) is 26.6 Å². The Labute approximate surface area is 49.5 Å². The first-order valence-corrected chi connectivity index (χ1v) is 3.47. The van der Waals surface area contributed by atoms with Crippen LogP contribution in [0.4, 0.5) is 0 Å². The molecule has 0 aromatic rings. The van der Waals surface area contributed by atoms with Crippen LogP contribution in [0.25, 0.3) is 0 Å². The molecular formula is C5H13BP. The molecule has 0 amide bonds. The van der Waals surface area contributed by atoms with Crippen molar-refractivity contribution in [3.05, 3.63) is 0 Å². The van der Waals surface area contributed by atoms with Gasteiger partial charge in [-0.15, -0.1) is 0 Å². The van der Waals surface area contributed by atoms with Gasteiger partial charge in [0.1, 0.15) is 7.00 Å². The maximum atomic E-state index is 2.62. The maximum Gasteiger partial charge on any atom is 0.138 e. The van der Waals surface area contributed by atoms with E-state index in [-0.39, 0.29) is 0 Å². The number of hydrogen-bond donors (Lipinski definition) is 0. The standard InChI is InChI=1S/C5H13BP/c1-5(2)3-4-6-7/h5H,3-4,7H2,1-2H3. The van der Waals surface area contributed by atoms with Gasteiger partial charge >= 0.3 is 0 Å². The summed E-state index contributed by atoms with van der Waals surface area (Å²) in [5.74, 6) is 0.858. The summed E-state index contributed by atoms with van der Waals surface area (Å²) in [4.78, 5) is 0. The minimum atomic E-state index is 0.858. The van der Waals surface area contributed by atoms with E-state index in [1.165, 1.54) is 12.7 Å². The third kappa shape index (κ3) is 6.49. The Balaban J connectivity index is 2.68. The van der Waals surface area contributed by atoms with Crippen LogP contribution in [0.2, 0.25) is 6.32 Å². The fourth-order valence-electron chi connectivity index (χ4n) is 0.430. The predicted molar refractivity (Wildman–Crippen MR) is 39.7 cm³/mol. The second kappa shape index (κ2) is 4.65. The lowest BCUT2D eigenvalue weighted by Crippen LogP contribution is -1.86. The highest BCUT2D eigenvalue weighted by molar-refractivity contribution is 7.55. The average Bonchev–Trinajstić information content (AvgIpc) is 1.61. The molecule has 1 atom stereocenters. The van der Waals surface area contributed by atoms with Crippen LogP contribution in [0.3, 0.4) is 0 Å².